The van der Waals surface area contributed by atoms with Crippen molar-refractivity contribution in [2.24, 2.45) is 0 Å². The largest absolute Gasteiger partial charge is 0.496 e. The standard InChI is InChI=1S/C16H21NO2.ClH/c1-18-11-5-10-17-12-15-14-7-4-3-6-13(14)8-9-16(15)19-2;/h3-4,6-9,17H,5,10-12H2,1-2H3;1H. The van der Waals surface area contributed by atoms with Crippen molar-refractivity contribution in [1.82, 2.24) is 5.32 Å². The average molecular weight is 296 g/mol. The number of benzene rings is 2. The van der Waals surface area contributed by atoms with E-state index in [1.54, 1.807) is 14.2 Å². The lowest BCUT2D eigenvalue weighted by Crippen LogP contribution is -2.16. The van der Waals surface area contributed by atoms with Crippen molar-refractivity contribution >= 4 is 23.2 Å². The van der Waals surface area contributed by atoms with Gasteiger partial charge >= 0.3 is 0 Å². The maximum atomic E-state index is 5.47. The van der Waals surface area contributed by atoms with E-state index in [-0.39, 0.29) is 12.4 Å². The zero-order valence-corrected chi connectivity index (χ0v) is 12.8. The van der Waals surface area contributed by atoms with E-state index in [0.29, 0.717) is 0 Å². The van der Waals surface area contributed by atoms with E-state index in [4.69, 9.17) is 9.47 Å². The minimum absolute atomic E-state index is 0. The van der Waals surface area contributed by atoms with E-state index in [1.807, 2.05) is 6.07 Å². The number of halogens is 1. The second kappa shape index (κ2) is 8.80. The van der Waals surface area contributed by atoms with Crippen LogP contribution in [0.25, 0.3) is 10.8 Å². The summed E-state index contributed by atoms with van der Waals surface area (Å²) in [6.07, 6.45) is 1.02. The van der Waals surface area contributed by atoms with E-state index in [0.717, 1.165) is 31.9 Å². The predicted molar refractivity (Wildman–Crippen MR) is 85.9 cm³/mol. The lowest BCUT2D eigenvalue weighted by Gasteiger charge is -2.13. The van der Waals surface area contributed by atoms with Crippen LogP contribution in [0.4, 0.5) is 0 Å². The van der Waals surface area contributed by atoms with Crippen molar-refractivity contribution in [1.29, 1.82) is 0 Å². The van der Waals surface area contributed by atoms with Crippen LogP contribution >= 0.6 is 12.4 Å². The lowest BCUT2D eigenvalue weighted by atomic mass is 10.0. The van der Waals surface area contributed by atoms with Crippen molar-refractivity contribution in [2.45, 2.75) is 13.0 Å². The molecule has 0 radical (unpaired) electrons. The summed E-state index contributed by atoms with van der Waals surface area (Å²) in [5.41, 5.74) is 1.22. The average Bonchev–Trinajstić information content (AvgIpc) is 2.47. The van der Waals surface area contributed by atoms with Crippen LogP contribution in [0.3, 0.4) is 0 Å². The van der Waals surface area contributed by atoms with Crippen molar-refractivity contribution in [3.63, 3.8) is 0 Å². The second-order valence-electron chi connectivity index (χ2n) is 4.49. The van der Waals surface area contributed by atoms with Gasteiger partial charge in [0.15, 0.2) is 0 Å². The molecule has 0 bridgehead atoms. The van der Waals surface area contributed by atoms with Crippen LogP contribution in [0.1, 0.15) is 12.0 Å². The molecule has 0 fully saturated rings. The molecule has 20 heavy (non-hydrogen) atoms. The van der Waals surface area contributed by atoms with Gasteiger partial charge in [-0.1, -0.05) is 30.3 Å². The number of hydrogen-bond donors (Lipinski definition) is 1. The first-order valence-electron chi connectivity index (χ1n) is 6.61. The molecule has 0 amide bonds. The quantitative estimate of drug-likeness (QED) is 0.794. The van der Waals surface area contributed by atoms with Gasteiger partial charge in [-0.05, 0) is 29.8 Å². The van der Waals surface area contributed by atoms with Crippen molar-refractivity contribution in [2.75, 3.05) is 27.4 Å². The van der Waals surface area contributed by atoms with Gasteiger partial charge in [-0.25, -0.2) is 0 Å². The Balaban J connectivity index is 0.00000200. The number of ether oxygens (including phenoxy) is 2. The lowest BCUT2D eigenvalue weighted by molar-refractivity contribution is 0.194. The Morgan fingerprint density at radius 3 is 2.60 bits per heavy atom. The Morgan fingerprint density at radius 2 is 1.85 bits per heavy atom. The highest BCUT2D eigenvalue weighted by atomic mass is 35.5. The SMILES string of the molecule is COCCCNCc1c(OC)ccc2ccccc12.Cl. The van der Waals surface area contributed by atoms with Crippen LogP contribution in [0, 0.1) is 0 Å². The number of fused-ring (bicyclic) bond motifs is 1. The van der Waals surface area contributed by atoms with Crippen LogP contribution in [-0.2, 0) is 11.3 Å². The van der Waals surface area contributed by atoms with Crippen molar-refractivity contribution < 1.29 is 9.47 Å². The molecule has 2 aromatic rings. The molecule has 0 saturated heterocycles. The molecular formula is C16H22ClNO2. The highest BCUT2D eigenvalue weighted by Crippen LogP contribution is 2.27. The molecule has 0 aromatic heterocycles. The summed E-state index contributed by atoms with van der Waals surface area (Å²) in [5, 5.41) is 5.94. The van der Waals surface area contributed by atoms with Gasteiger partial charge in [-0.2, -0.15) is 0 Å². The molecule has 2 rings (SSSR count). The zero-order chi connectivity index (χ0) is 13.5. The summed E-state index contributed by atoms with van der Waals surface area (Å²) in [6, 6.07) is 12.5. The van der Waals surface area contributed by atoms with Crippen LogP contribution in [0.5, 0.6) is 5.75 Å². The maximum Gasteiger partial charge on any atom is 0.123 e. The van der Waals surface area contributed by atoms with Gasteiger partial charge < -0.3 is 14.8 Å². The summed E-state index contributed by atoms with van der Waals surface area (Å²) in [6.45, 7) is 2.55. The van der Waals surface area contributed by atoms with E-state index in [9.17, 15) is 0 Å². The molecule has 0 aliphatic heterocycles. The fourth-order valence-corrected chi connectivity index (χ4v) is 2.24. The third-order valence-electron chi connectivity index (χ3n) is 3.22. The normalized spacial score (nSPS) is 10.3. The van der Waals surface area contributed by atoms with Gasteiger partial charge in [0.05, 0.1) is 7.11 Å². The van der Waals surface area contributed by atoms with Crippen LogP contribution in [-0.4, -0.2) is 27.4 Å². The monoisotopic (exact) mass is 295 g/mol. The van der Waals surface area contributed by atoms with Gasteiger partial charge in [0.25, 0.3) is 0 Å². The highest BCUT2D eigenvalue weighted by molar-refractivity contribution is 5.87. The smallest absolute Gasteiger partial charge is 0.123 e. The Morgan fingerprint density at radius 1 is 1.05 bits per heavy atom. The van der Waals surface area contributed by atoms with Crippen LogP contribution in [0.15, 0.2) is 36.4 Å². The van der Waals surface area contributed by atoms with Crippen LogP contribution < -0.4 is 10.1 Å². The summed E-state index contributed by atoms with van der Waals surface area (Å²) >= 11 is 0. The van der Waals surface area contributed by atoms with Gasteiger partial charge in [0.2, 0.25) is 0 Å². The molecule has 0 aliphatic rings. The molecule has 0 atom stereocenters. The Labute approximate surface area is 126 Å². The Kier molecular flexibility index (Phi) is 7.37. The number of hydrogen-bond acceptors (Lipinski definition) is 3. The fraction of sp³-hybridized carbons (Fsp3) is 0.375. The molecule has 4 heteroatoms. The molecular weight excluding hydrogens is 274 g/mol. The Bertz CT molecular complexity index is 531. The topological polar surface area (TPSA) is 30.5 Å². The van der Waals surface area contributed by atoms with E-state index >= 15 is 0 Å². The second-order valence-corrected chi connectivity index (χ2v) is 4.49. The maximum absolute atomic E-state index is 5.47. The molecule has 3 nitrogen and oxygen atoms in total. The molecule has 0 spiro atoms. The first-order valence-corrected chi connectivity index (χ1v) is 6.61. The van der Waals surface area contributed by atoms with E-state index in [2.05, 4.69) is 35.6 Å². The summed E-state index contributed by atoms with van der Waals surface area (Å²) in [4.78, 5) is 0. The van der Waals surface area contributed by atoms with Gasteiger partial charge in [0, 0.05) is 25.8 Å². The van der Waals surface area contributed by atoms with Crippen molar-refractivity contribution in [3.8, 4) is 5.75 Å². The highest BCUT2D eigenvalue weighted by Gasteiger charge is 2.07. The zero-order valence-electron chi connectivity index (χ0n) is 12.0. The molecule has 0 heterocycles. The third-order valence-corrected chi connectivity index (χ3v) is 3.22. The number of methoxy groups -OCH3 is 2. The molecule has 110 valence electrons. The minimum atomic E-state index is 0. The van der Waals surface area contributed by atoms with Gasteiger partial charge in [0.1, 0.15) is 5.75 Å². The molecule has 0 unspecified atom stereocenters. The number of rotatable bonds is 7. The summed E-state index contributed by atoms with van der Waals surface area (Å²) in [7, 11) is 3.45. The number of nitrogens with one attached hydrogen (secondary N) is 1. The molecule has 2 aromatic carbocycles. The first kappa shape index (κ1) is 16.8. The van der Waals surface area contributed by atoms with Crippen LogP contribution in [0.2, 0.25) is 0 Å². The molecule has 1 N–H and O–H groups in total. The Hall–Kier alpha value is -1.29. The summed E-state index contributed by atoms with van der Waals surface area (Å²) < 4.78 is 10.5. The van der Waals surface area contributed by atoms with Gasteiger partial charge in [-0.3, -0.25) is 0 Å². The fourth-order valence-electron chi connectivity index (χ4n) is 2.24. The summed E-state index contributed by atoms with van der Waals surface area (Å²) in [5.74, 6) is 0.943. The van der Waals surface area contributed by atoms with E-state index in [1.165, 1.54) is 16.3 Å². The third kappa shape index (κ3) is 4.10. The molecule has 0 saturated carbocycles. The van der Waals surface area contributed by atoms with E-state index < -0.39 is 0 Å². The van der Waals surface area contributed by atoms with Gasteiger partial charge in [-0.15, -0.1) is 12.4 Å². The minimum Gasteiger partial charge on any atom is -0.496 e. The first-order chi connectivity index (χ1) is 9.36. The van der Waals surface area contributed by atoms with Crippen molar-refractivity contribution in [3.05, 3.63) is 42.0 Å². The molecule has 0 aliphatic carbocycles. The predicted octanol–water partition coefficient (Wildman–Crippen LogP) is 3.40.